The predicted octanol–water partition coefficient (Wildman–Crippen LogP) is 2.33. The van der Waals surface area contributed by atoms with Crippen LogP contribution in [0.15, 0.2) is 11.6 Å². The van der Waals surface area contributed by atoms with Crippen molar-refractivity contribution in [3.05, 3.63) is 11.6 Å². The van der Waals surface area contributed by atoms with Crippen LogP contribution in [0.4, 0.5) is 0 Å². The number of carbonyl (C=O) groups excluding carboxylic acids is 4. The number of hydrogen-bond acceptors (Lipinski definition) is 7. The molecule has 0 bridgehead atoms. The summed E-state index contributed by atoms with van der Waals surface area (Å²) < 4.78 is 5.21. The second-order valence-electron chi connectivity index (χ2n) is 14.0. The van der Waals surface area contributed by atoms with Crippen molar-refractivity contribution in [2.45, 2.75) is 118 Å². The Balaban J connectivity index is 2.19. The first-order valence-corrected chi connectivity index (χ1v) is 16.4. The highest BCUT2D eigenvalue weighted by atomic mass is 16.5. The molecule has 0 aromatic carbocycles. The summed E-state index contributed by atoms with van der Waals surface area (Å²) in [7, 11) is 1.73. The molecule has 2 rings (SSSR count). The molecule has 0 aromatic rings. The number of aliphatic hydroxyl groups is 1. The third-order valence-corrected chi connectivity index (χ3v) is 8.74. The normalized spacial score (nSPS) is 21.4. The molecule has 0 unspecified atom stereocenters. The summed E-state index contributed by atoms with van der Waals surface area (Å²) in [5.41, 5.74) is -0.0614. The monoisotopic (exact) mass is 621 g/mol. The molecule has 2 aliphatic rings. The van der Waals surface area contributed by atoms with Gasteiger partial charge in [-0.3, -0.25) is 24.1 Å². The van der Waals surface area contributed by atoms with Gasteiger partial charge in [-0.05, 0) is 64.3 Å². The number of piperidine rings is 1. The summed E-state index contributed by atoms with van der Waals surface area (Å²) in [5, 5.41) is 14.8. The van der Waals surface area contributed by atoms with E-state index in [0.29, 0.717) is 25.1 Å². The van der Waals surface area contributed by atoms with Crippen LogP contribution < -0.4 is 10.6 Å². The average Bonchev–Trinajstić information content (AvgIpc) is 3.46. The number of rotatable bonds is 14. The minimum atomic E-state index is -0.741. The summed E-state index contributed by atoms with van der Waals surface area (Å²) >= 11 is 0. The zero-order chi connectivity index (χ0) is 33.2. The number of aliphatic hydroxyl groups excluding tert-OH is 1. The zero-order valence-electron chi connectivity index (χ0n) is 28.6. The van der Waals surface area contributed by atoms with Gasteiger partial charge in [0.05, 0.1) is 31.9 Å². The summed E-state index contributed by atoms with van der Waals surface area (Å²) in [6.45, 7) is 17.9. The van der Waals surface area contributed by atoms with Gasteiger partial charge in [-0.15, -0.1) is 0 Å². The average molecular weight is 622 g/mol. The third-order valence-electron chi connectivity index (χ3n) is 8.74. The van der Waals surface area contributed by atoms with E-state index in [-0.39, 0.29) is 61.5 Å². The Hall–Kier alpha value is -2.50. The van der Waals surface area contributed by atoms with E-state index in [4.69, 9.17) is 9.84 Å². The number of nitrogens with one attached hydrogen (secondary N) is 2. The highest BCUT2D eigenvalue weighted by Crippen LogP contribution is 2.26. The summed E-state index contributed by atoms with van der Waals surface area (Å²) in [6.07, 6.45) is 5.96. The van der Waals surface area contributed by atoms with Crippen LogP contribution in [0.1, 0.15) is 87.5 Å². The number of carbonyl (C=O) groups is 4. The van der Waals surface area contributed by atoms with E-state index in [1.807, 2.05) is 40.7 Å². The quantitative estimate of drug-likeness (QED) is 0.200. The molecule has 0 radical (unpaired) electrons. The molecular formula is C33H59N5O6. The molecule has 0 saturated carbocycles. The van der Waals surface area contributed by atoms with Crippen molar-refractivity contribution < 1.29 is 29.0 Å². The molecule has 11 nitrogen and oxygen atoms in total. The topological polar surface area (TPSA) is 132 Å². The maximum absolute atomic E-state index is 14.1. The van der Waals surface area contributed by atoms with E-state index < -0.39 is 23.5 Å². The van der Waals surface area contributed by atoms with E-state index in [1.165, 1.54) is 0 Å². The van der Waals surface area contributed by atoms with Crippen LogP contribution in [-0.4, -0.2) is 120 Å². The van der Waals surface area contributed by atoms with Gasteiger partial charge in [0.25, 0.3) is 0 Å². The highest BCUT2D eigenvalue weighted by molar-refractivity contribution is 5.97. The molecule has 3 N–H and O–H groups in total. The molecule has 4 atom stereocenters. The molecule has 11 heteroatoms. The fourth-order valence-electron chi connectivity index (χ4n) is 6.21. The maximum Gasteiger partial charge on any atom is 0.249 e. The van der Waals surface area contributed by atoms with Crippen molar-refractivity contribution in [1.29, 1.82) is 0 Å². The first kappa shape index (κ1) is 37.7. The van der Waals surface area contributed by atoms with E-state index in [2.05, 4.69) is 29.4 Å². The maximum atomic E-state index is 14.1. The van der Waals surface area contributed by atoms with Crippen molar-refractivity contribution in [3.8, 4) is 0 Å². The Kier molecular flexibility index (Phi) is 14.8. The molecule has 2 heterocycles. The van der Waals surface area contributed by atoms with E-state index >= 15 is 0 Å². The van der Waals surface area contributed by atoms with Crippen LogP contribution in [0.25, 0.3) is 0 Å². The summed E-state index contributed by atoms with van der Waals surface area (Å²) in [6, 6.07) is -1.72. The fourth-order valence-corrected chi connectivity index (χ4v) is 6.21. The van der Waals surface area contributed by atoms with Gasteiger partial charge in [0.15, 0.2) is 0 Å². The number of ether oxygens (including phenoxy) is 1. The Morgan fingerprint density at radius 3 is 2.23 bits per heavy atom. The molecule has 2 fully saturated rings. The summed E-state index contributed by atoms with van der Waals surface area (Å²) in [5.74, 6) is -0.760. The van der Waals surface area contributed by atoms with E-state index in [1.54, 1.807) is 23.8 Å². The van der Waals surface area contributed by atoms with E-state index in [9.17, 15) is 19.2 Å². The van der Waals surface area contributed by atoms with Crippen LogP contribution in [-0.2, 0) is 23.9 Å². The molecule has 44 heavy (non-hydrogen) atoms. The largest absolute Gasteiger partial charge is 0.394 e. The second kappa shape index (κ2) is 17.3. The zero-order valence-corrected chi connectivity index (χ0v) is 28.6. The van der Waals surface area contributed by atoms with Crippen molar-refractivity contribution in [2.24, 2.45) is 11.3 Å². The summed E-state index contributed by atoms with van der Waals surface area (Å²) in [4.78, 5) is 59.6. The lowest BCUT2D eigenvalue weighted by molar-refractivity contribution is -0.142. The van der Waals surface area contributed by atoms with Gasteiger partial charge in [-0.25, -0.2) is 0 Å². The predicted molar refractivity (Wildman–Crippen MR) is 172 cm³/mol. The SMILES string of the molecule is C/C(=C\[C@H](C(C)C)N(C)C(=O)[C@@H](NC(=O)[C@H]1CCCCN1C(C)C)C(C)(C)C)C(=O)N1CCC[C@H]1C(=O)NCCOCCO. The lowest BCUT2D eigenvalue weighted by Crippen LogP contribution is -2.60. The number of likely N-dealkylation sites (tertiary alicyclic amines) is 2. The number of likely N-dealkylation sites (N-methyl/N-ethyl adjacent to an activating group) is 1. The second-order valence-corrected chi connectivity index (χ2v) is 14.0. The highest BCUT2D eigenvalue weighted by Gasteiger charge is 2.40. The lowest BCUT2D eigenvalue weighted by Gasteiger charge is -2.41. The standard InChI is InChI=1S/C33H59N5O6/c1-22(2)27(21-24(5)31(42)38-17-12-14-25(38)29(40)34-15-19-44-20-18-39)36(9)32(43)28(33(6,7)8)35-30(41)26-13-10-11-16-37(26)23(3)4/h21-23,25-28,39H,10-20H2,1-9H3,(H,34,40)(H,35,41)/b24-21+/t25-,26+,27+,28+/m0/s1. The van der Waals surface area contributed by atoms with Crippen LogP contribution in [0.5, 0.6) is 0 Å². The van der Waals surface area contributed by atoms with Gasteiger partial charge < -0.3 is 30.3 Å². The lowest BCUT2D eigenvalue weighted by atomic mass is 9.84. The van der Waals surface area contributed by atoms with Gasteiger partial charge >= 0.3 is 0 Å². The van der Waals surface area contributed by atoms with E-state index in [0.717, 1.165) is 32.2 Å². The van der Waals surface area contributed by atoms with Crippen LogP contribution in [0, 0.1) is 11.3 Å². The molecule has 2 saturated heterocycles. The molecule has 0 aliphatic carbocycles. The van der Waals surface area contributed by atoms with Crippen LogP contribution in [0.3, 0.4) is 0 Å². The Morgan fingerprint density at radius 1 is 0.977 bits per heavy atom. The van der Waals surface area contributed by atoms with Gasteiger partial charge in [0.1, 0.15) is 12.1 Å². The molecular weight excluding hydrogens is 562 g/mol. The molecule has 252 valence electrons. The van der Waals surface area contributed by atoms with Crippen molar-refractivity contribution in [2.75, 3.05) is 46.5 Å². The Morgan fingerprint density at radius 2 is 1.64 bits per heavy atom. The fraction of sp³-hybridized carbons (Fsp3) is 0.818. The Labute approximate surface area is 265 Å². The first-order valence-electron chi connectivity index (χ1n) is 16.4. The van der Waals surface area contributed by atoms with Gasteiger partial charge in [0, 0.05) is 31.8 Å². The number of hydrogen-bond donors (Lipinski definition) is 3. The molecule has 0 aromatic heterocycles. The first-order chi connectivity index (χ1) is 20.6. The minimum absolute atomic E-state index is 0.00519. The van der Waals surface area contributed by atoms with Gasteiger partial charge in [-0.1, -0.05) is 47.1 Å². The van der Waals surface area contributed by atoms with Gasteiger partial charge in [-0.2, -0.15) is 0 Å². The minimum Gasteiger partial charge on any atom is -0.394 e. The Bertz CT molecular complexity index is 1010. The molecule has 4 amide bonds. The van der Waals surface area contributed by atoms with Crippen molar-refractivity contribution >= 4 is 23.6 Å². The van der Waals surface area contributed by atoms with Crippen molar-refractivity contribution in [3.63, 3.8) is 0 Å². The van der Waals surface area contributed by atoms with Crippen LogP contribution in [0.2, 0.25) is 0 Å². The molecule has 2 aliphatic heterocycles. The number of nitrogens with zero attached hydrogens (tertiary/aromatic N) is 3. The van der Waals surface area contributed by atoms with Crippen LogP contribution >= 0.6 is 0 Å². The van der Waals surface area contributed by atoms with Gasteiger partial charge in [0.2, 0.25) is 23.6 Å². The smallest absolute Gasteiger partial charge is 0.249 e. The van der Waals surface area contributed by atoms with Crippen molar-refractivity contribution in [1.82, 2.24) is 25.3 Å². The molecule has 0 spiro atoms. The third kappa shape index (κ3) is 10.3. The number of amides is 4.